The van der Waals surface area contributed by atoms with E-state index in [1.54, 1.807) is 0 Å². The number of hydrogen-bond donors (Lipinski definition) is 2. The number of rotatable bonds is 7. The minimum Gasteiger partial charge on any atom is -0.349 e. The van der Waals surface area contributed by atoms with Gasteiger partial charge in [0.25, 0.3) is 5.91 Å². The van der Waals surface area contributed by atoms with E-state index in [9.17, 15) is 18.0 Å². The average Bonchev–Trinajstić information content (AvgIpc) is 3.49. The molecule has 7 nitrogen and oxygen atoms in total. The number of carbonyl (C=O) groups excluding carboxylic acids is 2. The van der Waals surface area contributed by atoms with Gasteiger partial charge in [-0.2, -0.15) is 4.31 Å². The second-order valence-corrected chi connectivity index (χ2v) is 9.53. The van der Waals surface area contributed by atoms with Crippen LogP contribution in [0, 0.1) is 0 Å². The second kappa shape index (κ2) is 8.04. The summed E-state index contributed by atoms with van der Waals surface area (Å²) in [6, 6.07) is 15.9. The molecule has 2 atom stereocenters. The molecule has 2 aromatic rings. The van der Waals surface area contributed by atoms with Gasteiger partial charge in [0.2, 0.25) is 15.9 Å². The topological polar surface area (TPSA) is 95.6 Å². The van der Waals surface area contributed by atoms with Crippen molar-refractivity contribution in [2.75, 3.05) is 13.1 Å². The quantitative estimate of drug-likeness (QED) is 0.660. The maximum Gasteiger partial charge on any atom is 0.251 e. The normalized spacial score (nSPS) is 21.3. The Labute approximate surface area is 175 Å². The molecular formula is C22H23N3O4S. The Kier molecular flexibility index (Phi) is 5.44. The van der Waals surface area contributed by atoms with Crippen LogP contribution in [0.4, 0.5) is 0 Å². The van der Waals surface area contributed by atoms with Crippen molar-refractivity contribution in [1.82, 2.24) is 14.9 Å². The van der Waals surface area contributed by atoms with Gasteiger partial charge in [-0.05, 0) is 42.3 Å². The van der Waals surface area contributed by atoms with Gasteiger partial charge in [0.05, 0.1) is 10.9 Å². The standard InChI is InChI=1S/C22H23N3O4S/c1-2-21(26)23-17-13-25(14-17)30(28,29)18-10-8-16(9-11-18)22(27)24-20-12-19(20)15-6-4-3-5-7-15/h2-11,17,19-20H,1,12-14H2,(H,23,26)(H,24,27)/t19?,20-/m1/s1. The van der Waals surface area contributed by atoms with Gasteiger partial charge >= 0.3 is 0 Å². The number of nitrogens with zero attached hydrogens (tertiary/aromatic N) is 1. The van der Waals surface area contributed by atoms with Crippen molar-refractivity contribution < 1.29 is 18.0 Å². The maximum absolute atomic E-state index is 12.7. The van der Waals surface area contributed by atoms with Crippen molar-refractivity contribution in [2.45, 2.75) is 29.3 Å². The van der Waals surface area contributed by atoms with Crippen molar-refractivity contribution in [3.63, 3.8) is 0 Å². The molecule has 4 rings (SSSR count). The van der Waals surface area contributed by atoms with Gasteiger partial charge in [0.1, 0.15) is 0 Å². The molecule has 1 unspecified atom stereocenters. The molecule has 30 heavy (non-hydrogen) atoms. The summed E-state index contributed by atoms with van der Waals surface area (Å²) in [7, 11) is -3.65. The highest BCUT2D eigenvalue weighted by atomic mass is 32.2. The van der Waals surface area contributed by atoms with Crippen LogP contribution in [0.1, 0.15) is 28.3 Å². The fourth-order valence-corrected chi connectivity index (χ4v) is 5.12. The smallest absolute Gasteiger partial charge is 0.251 e. The van der Waals surface area contributed by atoms with Crippen LogP contribution in [0.2, 0.25) is 0 Å². The fraction of sp³-hybridized carbons (Fsp3) is 0.273. The van der Waals surface area contributed by atoms with Crippen molar-refractivity contribution >= 4 is 21.8 Å². The zero-order chi connectivity index (χ0) is 21.3. The Morgan fingerprint density at radius 2 is 1.67 bits per heavy atom. The van der Waals surface area contributed by atoms with Crippen molar-refractivity contribution in [3.05, 3.63) is 78.4 Å². The highest BCUT2D eigenvalue weighted by Gasteiger charge is 2.40. The van der Waals surface area contributed by atoms with Gasteiger partial charge in [-0.1, -0.05) is 36.9 Å². The van der Waals surface area contributed by atoms with Crippen LogP contribution < -0.4 is 10.6 Å². The lowest BCUT2D eigenvalue weighted by Gasteiger charge is -2.38. The number of carbonyl (C=O) groups is 2. The molecule has 1 saturated carbocycles. The molecule has 0 spiro atoms. The van der Waals surface area contributed by atoms with Crippen LogP contribution in [0.15, 0.2) is 72.1 Å². The van der Waals surface area contributed by atoms with E-state index in [1.165, 1.54) is 34.1 Å². The predicted molar refractivity (Wildman–Crippen MR) is 112 cm³/mol. The number of sulfonamides is 1. The molecule has 2 aliphatic rings. The van der Waals surface area contributed by atoms with E-state index < -0.39 is 10.0 Å². The van der Waals surface area contributed by atoms with E-state index in [4.69, 9.17) is 0 Å². The number of hydrogen-bond acceptors (Lipinski definition) is 4. The molecule has 2 amide bonds. The first-order chi connectivity index (χ1) is 14.4. The summed E-state index contributed by atoms with van der Waals surface area (Å²) in [6.45, 7) is 3.80. The first-order valence-corrected chi connectivity index (χ1v) is 11.2. The maximum atomic E-state index is 12.7. The summed E-state index contributed by atoms with van der Waals surface area (Å²) in [6.07, 6.45) is 2.06. The minimum atomic E-state index is -3.65. The van der Waals surface area contributed by atoms with Gasteiger partial charge in [-0.25, -0.2) is 8.42 Å². The summed E-state index contributed by atoms with van der Waals surface area (Å²) in [4.78, 5) is 23.9. The summed E-state index contributed by atoms with van der Waals surface area (Å²) in [5.41, 5.74) is 1.63. The zero-order valence-electron chi connectivity index (χ0n) is 16.3. The monoisotopic (exact) mass is 425 g/mol. The molecule has 2 aromatic carbocycles. The molecule has 0 radical (unpaired) electrons. The molecule has 2 fully saturated rings. The molecule has 0 aromatic heterocycles. The average molecular weight is 426 g/mol. The molecule has 8 heteroatoms. The van der Waals surface area contributed by atoms with Crippen LogP contribution in [0.5, 0.6) is 0 Å². The summed E-state index contributed by atoms with van der Waals surface area (Å²) < 4.78 is 26.6. The van der Waals surface area contributed by atoms with Gasteiger partial charge < -0.3 is 10.6 Å². The third-order valence-corrected chi connectivity index (χ3v) is 7.31. The SMILES string of the molecule is C=CC(=O)NC1CN(S(=O)(=O)c2ccc(C(=O)N[C@@H]3CC3c3ccccc3)cc2)C1. The molecule has 156 valence electrons. The third kappa shape index (κ3) is 4.15. The Balaban J connectivity index is 1.33. The van der Waals surface area contributed by atoms with Crippen molar-refractivity contribution in [1.29, 1.82) is 0 Å². The fourth-order valence-electron chi connectivity index (χ4n) is 3.59. The number of benzene rings is 2. The number of nitrogens with one attached hydrogen (secondary N) is 2. The van der Waals surface area contributed by atoms with Crippen LogP contribution >= 0.6 is 0 Å². The minimum absolute atomic E-state index is 0.104. The Bertz CT molecular complexity index is 1060. The highest BCUT2D eigenvalue weighted by Crippen LogP contribution is 2.40. The molecular weight excluding hydrogens is 402 g/mol. The second-order valence-electron chi connectivity index (χ2n) is 7.59. The molecule has 1 aliphatic carbocycles. The Morgan fingerprint density at radius 3 is 2.30 bits per heavy atom. The first kappa shape index (κ1) is 20.3. The van der Waals surface area contributed by atoms with Crippen LogP contribution in [0.3, 0.4) is 0 Å². The lowest BCUT2D eigenvalue weighted by Crippen LogP contribution is -2.60. The molecule has 2 N–H and O–H groups in total. The van der Waals surface area contributed by atoms with Gasteiger partial charge in [-0.15, -0.1) is 0 Å². The van der Waals surface area contributed by atoms with E-state index in [0.29, 0.717) is 11.5 Å². The number of amides is 2. The van der Waals surface area contributed by atoms with Gasteiger partial charge in [0.15, 0.2) is 0 Å². The third-order valence-electron chi connectivity index (χ3n) is 5.47. The predicted octanol–water partition coefficient (Wildman–Crippen LogP) is 1.65. The van der Waals surface area contributed by atoms with Crippen molar-refractivity contribution in [2.24, 2.45) is 0 Å². The van der Waals surface area contributed by atoms with Crippen LogP contribution in [-0.4, -0.2) is 49.7 Å². The molecule has 1 saturated heterocycles. The van der Waals surface area contributed by atoms with E-state index in [-0.39, 0.29) is 41.9 Å². The largest absolute Gasteiger partial charge is 0.349 e. The van der Waals surface area contributed by atoms with E-state index in [0.717, 1.165) is 12.5 Å². The zero-order valence-corrected chi connectivity index (χ0v) is 17.1. The lowest BCUT2D eigenvalue weighted by atomic mass is 10.1. The Hall–Kier alpha value is -2.97. The van der Waals surface area contributed by atoms with E-state index in [2.05, 4.69) is 29.3 Å². The van der Waals surface area contributed by atoms with E-state index >= 15 is 0 Å². The first-order valence-electron chi connectivity index (χ1n) is 9.77. The summed E-state index contributed by atoms with van der Waals surface area (Å²) in [5, 5.41) is 5.67. The highest BCUT2D eigenvalue weighted by molar-refractivity contribution is 7.89. The molecule has 1 heterocycles. The summed E-state index contributed by atoms with van der Waals surface area (Å²) >= 11 is 0. The van der Waals surface area contributed by atoms with Crippen molar-refractivity contribution in [3.8, 4) is 0 Å². The van der Waals surface area contributed by atoms with Gasteiger partial charge in [0, 0.05) is 30.6 Å². The molecule has 1 aliphatic heterocycles. The van der Waals surface area contributed by atoms with Crippen LogP contribution in [0.25, 0.3) is 0 Å². The van der Waals surface area contributed by atoms with E-state index in [1.807, 2.05) is 18.2 Å². The van der Waals surface area contributed by atoms with Crippen LogP contribution in [-0.2, 0) is 14.8 Å². The van der Waals surface area contributed by atoms with Gasteiger partial charge in [-0.3, -0.25) is 9.59 Å². The summed E-state index contributed by atoms with van der Waals surface area (Å²) in [5.74, 6) is -0.202. The molecule has 0 bridgehead atoms. The Morgan fingerprint density at radius 1 is 1.00 bits per heavy atom. The lowest BCUT2D eigenvalue weighted by molar-refractivity contribution is -0.117.